The summed E-state index contributed by atoms with van der Waals surface area (Å²) in [6, 6.07) is 9.97. The van der Waals surface area contributed by atoms with Crippen molar-refractivity contribution in [3.05, 3.63) is 62.9 Å². The van der Waals surface area contributed by atoms with Crippen LogP contribution < -0.4 is 10.9 Å². The fourth-order valence-corrected chi connectivity index (χ4v) is 4.14. The normalized spacial score (nSPS) is 14.3. The van der Waals surface area contributed by atoms with E-state index in [2.05, 4.69) is 17.4 Å². The molecule has 0 radical (unpaired) electrons. The Bertz CT molecular complexity index is 891. The Morgan fingerprint density at radius 2 is 2.14 bits per heavy atom. The van der Waals surface area contributed by atoms with Crippen LogP contribution in [0.4, 0.5) is 0 Å². The summed E-state index contributed by atoms with van der Waals surface area (Å²) in [4.78, 5) is 13.6. The van der Waals surface area contributed by atoms with Gasteiger partial charge in [0.2, 0.25) is 0 Å². The maximum absolute atomic E-state index is 12.2. The zero-order chi connectivity index (χ0) is 14.4. The van der Waals surface area contributed by atoms with Crippen molar-refractivity contribution in [1.82, 2.24) is 9.88 Å². The average molecular weight is 296 g/mol. The Kier molecular flexibility index (Phi) is 2.94. The highest BCUT2D eigenvalue weighted by Crippen LogP contribution is 2.34. The van der Waals surface area contributed by atoms with Gasteiger partial charge >= 0.3 is 0 Å². The van der Waals surface area contributed by atoms with Crippen LogP contribution in [0.2, 0.25) is 0 Å². The molecule has 3 nitrogen and oxygen atoms in total. The Morgan fingerprint density at radius 1 is 1.24 bits per heavy atom. The lowest BCUT2D eigenvalue weighted by Crippen LogP contribution is -2.22. The van der Waals surface area contributed by atoms with E-state index in [1.54, 1.807) is 10.6 Å². The summed E-state index contributed by atoms with van der Waals surface area (Å²) in [5.41, 5.74) is 3.37. The lowest BCUT2D eigenvalue weighted by molar-refractivity contribution is 0.656. The van der Waals surface area contributed by atoms with Crippen LogP contribution in [-0.2, 0) is 13.0 Å². The zero-order valence-corrected chi connectivity index (χ0v) is 12.7. The molecular formula is C17H16N2OS. The maximum Gasteiger partial charge on any atom is 0.255 e. The number of benzene rings is 1. The minimum atomic E-state index is 0.0246. The molecule has 21 heavy (non-hydrogen) atoms. The first-order chi connectivity index (χ1) is 10.2. The number of hydrogen-bond donors (Lipinski definition) is 1. The molecule has 1 aromatic carbocycles. The molecule has 0 atom stereocenters. The van der Waals surface area contributed by atoms with Crippen molar-refractivity contribution in [3.63, 3.8) is 0 Å². The van der Waals surface area contributed by atoms with Gasteiger partial charge in [0.25, 0.3) is 5.56 Å². The van der Waals surface area contributed by atoms with Gasteiger partial charge in [-0.15, -0.1) is 11.3 Å². The van der Waals surface area contributed by atoms with E-state index in [0.717, 1.165) is 30.8 Å². The smallest absolute Gasteiger partial charge is 0.255 e. The first-order valence-electron chi connectivity index (χ1n) is 7.17. The van der Waals surface area contributed by atoms with E-state index < -0.39 is 0 Å². The highest BCUT2D eigenvalue weighted by molar-refractivity contribution is 7.19. The van der Waals surface area contributed by atoms with E-state index in [-0.39, 0.29) is 5.56 Å². The van der Waals surface area contributed by atoms with Crippen molar-refractivity contribution in [2.45, 2.75) is 19.9 Å². The van der Waals surface area contributed by atoms with E-state index >= 15 is 0 Å². The summed E-state index contributed by atoms with van der Waals surface area (Å²) >= 11 is 1.88. The third-order valence-electron chi connectivity index (χ3n) is 4.04. The van der Waals surface area contributed by atoms with E-state index in [4.69, 9.17) is 0 Å². The van der Waals surface area contributed by atoms with Gasteiger partial charge in [0.1, 0.15) is 0 Å². The molecule has 0 unspecified atom stereocenters. The van der Waals surface area contributed by atoms with E-state index in [9.17, 15) is 4.79 Å². The summed E-state index contributed by atoms with van der Waals surface area (Å²) in [6.45, 7) is 3.93. The number of aromatic nitrogens is 1. The highest BCUT2D eigenvalue weighted by atomic mass is 32.1. The monoisotopic (exact) mass is 296 g/mol. The Hall–Kier alpha value is -1.91. The second-order valence-corrected chi connectivity index (χ2v) is 6.66. The Morgan fingerprint density at radius 3 is 3.00 bits per heavy atom. The van der Waals surface area contributed by atoms with Crippen LogP contribution >= 0.6 is 11.3 Å². The van der Waals surface area contributed by atoms with Crippen molar-refractivity contribution in [2.75, 3.05) is 6.54 Å². The van der Waals surface area contributed by atoms with Crippen molar-refractivity contribution in [3.8, 4) is 5.69 Å². The minimum Gasteiger partial charge on any atom is -0.312 e. The van der Waals surface area contributed by atoms with Gasteiger partial charge in [-0.2, -0.15) is 0 Å². The number of aryl methyl sites for hydroxylation is 1. The van der Waals surface area contributed by atoms with Crippen LogP contribution in [-0.4, -0.2) is 11.1 Å². The fraction of sp³-hybridized carbons (Fsp3) is 0.235. The van der Waals surface area contributed by atoms with E-state index in [1.165, 1.54) is 20.5 Å². The summed E-state index contributed by atoms with van der Waals surface area (Å²) in [5.74, 6) is 0. The lowest BCUT2D eigenvalue weighted by Gasteiger charge is -2.13. The largest absolute Gasteiger partial charge is 0.312 e. The molecule has 0 spiro atoms. The van der Waals surface area contributed by atoms with Gasteiger partial charge in [0.15, 0.2) is 0 Å². The van der Waals surface area contributed by atoms with Crippen LogP contribution in [0.5, 0.6) is 0 Å². The molecule has 0 saturated heterocycles. The standard InChI is InChI=1S/C17H16N2OS/c1-11-5-7-19(17(20)8-11)12-2-3-15-13(9-12)14-10-18-6-4-16(14)21-15/h2-3,5,7-9,18H,4,6,10H2,1H3. The van der Waals surface area contributed by atoms with Crippen molar-refractivity contribution >= 4 is 21.4 Å². The average Bonchev–Trinajstić information content (AvgIpc) is 2.85. The number of nitrogens with zero attached hydrogens (tertiary/aromatic N) is 1. The fourth-order valence-electron chi connectivity index (χ4n) is 2.94. The van der Waals surface area contributed by atoms with Gasteiger partial charge in [-0.1, -0.05) is 0 Å². The van der Waals surface area contributed by atoms with Gasteiger partial charge in [-0.3, -0.25) is 9.36 Å². The molecule has 0 saturated carbocycles. The summed E-state index contributed by atoms with van der Waals surface area (Å²) in [5, 5.41) is 4.72. The molecule has 4 rings (SSSR count). The topological polar surface area (TPSA) is 34.0 Å². The highest BCUT2D eigenvalue weighted by Gasteiger charge is 2.16. The number of hydrogen-bond acceptors (Lipinski definition) is 3. The number of rotatable bonds is 1. The van der Waals surface area contributed by atoms with E-state index in [0.29, 0.717) is 0 Å². The molecule has 0 aliphatic carbocycles. The van der Waals surface area contributed by atoms with Gasteiger partial charge < -0.3 is 5.32 Å². The van der Waals surface area contributed by atoms with E-state index in [1.807, 2.05) is 36.6 Å². The quantitative estimate of drug-likeness (QED) is 0.749. The predicted molar refractivity (Wildman–Crippen MR) is 87.6 cm³/mol. The number of pyridine rings is 1. The number of nitrogens with one attached hydrogen (secondary N) is 1. The number of fused-ring (bicyclic) bond motifs is 3. The third-order valence-corrected chi connectivity index (χ3v) is 5.31. The second kappa shape index (κ2) is 4.83. The van der Waals surface area contributed by atoms with Crippen LogP contribution in [0.3, 0.4) is 0 Å². The van der Waals surface area contributed by atoms with Crippen LogP contribution in [0.25, 0.3) is 15.8 Å². The van der Waals surface area contributed by atoms with Crippen molar-refractivity contribution in [2.24, 2.45) is 0 Å². The molecule has 0 fully saturated rings. The predicted octanol–water partition coefficient (Wildman–Crippen LogP) is 3.01. The molecule has 0 amide bonds. The molecule has 0 bridgehead atoms. The van der Waals surface area contributed by atoms with Crippen LogP contribution in [0.15, 0.2) is 41.3 Å². The minimum absolute atomic E-state index is 0.0246. The molecule has 3 aromatic rings. The van der Waals surface area contributed by atoms with Crippen molar-refractivity contribution in [1.29, 1.82) is 0 Å². The van der Waals surface area contributed by atoms with Crippen LogP contribution in [0, 0.1) is 6.92 Å². The Balaban J connectivity index is 1.92. The zero-order valence-electron chi connectivity index (χ0n) is 11.8. The molecule has 106 valence electrons. The lowest BCUT2D eigenvalue weighted by atomic mass is 10.1. The second-order valence-electron chi connectivity index (χ2n) is 5.52. The SMILES string of the molecule is Cc1ccn(-c2ccc3sc4c(c3c2)CNCC4)c(=O)c1. The van der Waals surface area contributed by atoms with Gasteiger partial charge in [-0.05, 0) is 54.1 Å². The molecule has 2 aromatic heterocycles. The molecule has 3 heterocycles. The maximum atomic E-state index is 12.2. The third kappa shape index (κ3) is 2.11. The molecule has 1 aliphatic rings. The Labute approximate surface area is 126 Å². The summed E-state index contributed by atoms with van der Waals surface area (Å²) in [7, 11) is 0. The van der Waals surface area contributed by atoms with Gasteiger partial charge in [0.05, 0.1) is 0 Å². The first-order valence-corrected chi connectivity index (χ1v) is 7.99. The number of thiophene rings is 1. The molecule has 1 aliphatic heterocycles. The summed E-state index contributed by atoms with van der Waals surface area (Å²) in [6.07, 6.45) is 2.96. The molecular weight excluding hydrogens is 280 g/mol. The summed E-state index contributed by atoms with van der Waals surface area (Å²) < 4.78 is 3.03. The molecule has 1 N–H and O–H groups in total. The molecule has 4 heteroatoms. The van der Waals surface area contributed by atoms with Crippen LogP contribution in [0.1, 0.15) is 16.0 Å². The van der Waals surface area contributed by atoms with Gasteiger partial charge in [-0.25, -0.2) is 0 Å². The van der Waals surface area contributed by atoms with Crippen molar-refractivity contribution < 1.29 is 0 Å². The van der Waals surface area contributed by atoms with Gasteiger partial charge in [0, 0.05) is 40.6 Å². The first kappa shape index (κ1) is 12.8.